The smallest absolute Gasteiger partial charge is 0.255 e. The number of ether oxygens (including phenoxy) is 1. The van der Waals surface area contributed by atoms with Crippen LogP contribution in [0.15, 0.2) is 48.5 Å². The van der Waals surface area contributed by atoms with Crippen molar-refractivity contribution in [3.05, 3.63) is 59.7 Å². The fraction of sp³-hybridized carbons (Fsp3) is 0.188. The van der Waals surface area contributed by atoms with Crippen molar-refractivity contribution in [2.24, 2.45) is 0 Å². The van der Waals surface area contributed by atoms with Gasteiger partial charge in [-0.2, -0.15) is 0 Å². The number of hydrogen-bond acceptors (Lipinski definition) is 2. The monoisotopic (exact) mass is 253 g/mol. The topological polar surface area (TPSA) is 38.3 Å². The van der Waals surface area contributed by atoms with Crippen molar-refractivity contribution in [1.29, 1.82) is 0 Å². The molecule has 19 heavy (non-hydrogen) atoms. The molecule has 2 aromatic rings. The zero-order chi connectivity index (χ0) is 13.2. The van der Waals surface area contributed by atoms with Gasteiger partial charge in [-0.25, -0.2) is 0 Å². The summed E-state index contributed by atoms with van der Waals surface area (Å²) in [4.78, 5) is 12.1. The lowest BCUT2D eigenvalue weighted by Gasteiger charge is -2.06. The summed E-state index contributed by atoms with van der Waals surface area (Å²) in [5, 5.41) is 2.88. The maximum atomic E-state index is 12.1. The van der Waals surface area contributed by atoms with Gasteiger partial charge in [-0.3, -0.25) is 4.79 Å². The molecule has 0 aromatic heterocycles. The Labute approximate surface area is 112 Å². The molecule has 1 heterocycles. The summed E-state index contributed by atoms with van der Waals surface area (Å²) >= 11 is 0. The van der Waals surface area contributed by atoms with E-state index in [9.17, 15) is 4.79 Å². The molecule has 96 valence electrons. The van der Waals surface area contributed by atoms with E-state index in [4.69, 9.17) is 4.74 Å². The Morgan fingerprint density at radius 2 is 2.00 bits per heavy atom. The Bertz CT molecular complexity index is 607. The molecule has 3 heteroatoms. The van der Waals surface area contributed by atoms with E-state index in [0.717, 1.165) is 23.4 Å². The Morgan fingerprint density at radius 3 is 2.79 bits per heavy atom. The van der Waals surface area contributed by atoms with Crippen molar-refractivity contribution in [3.8, 4) is 5.75 Å². The van der Waals surface area contributed by atoms with Gasteiger partial charge in [0.05, 0.1) is 0 Å². The van der Waals surface area contributed by atoms with Crippen molar-refractivity contribution >= 4 is 11.6 Å². The summed E-state index contributed by atoms with van der Waals surface area (Å²) < 4.78 is 5.63. The second-order valence-electron chi connectivity index (χ2n) is 4.78. The van der Waals surface area contributed by atoms with Crippen LogP contribution in [0.1, 0.15) is 22.8 Å². The lowest BCUT2D eigenvalue weighted by Crippen LogP contribution is -2.11. The van der Waals surface area contributed by atoms with Crippen LogP contribution >= 0.6 is 0 Å². The highest BCUT2D eigenvalue weighted by Crippen LogP contribution is 2.29. The number of carbonyl (C=O) groups excluding carboxylic acids is 1. The summed E-state index contributed by atoms with van der Waals surface area (Å²) in [6.07, 6.45) is 1.06. The molecule has 0 radical (unpaired) electrons. The number of benzene rings is 2. The quantitative estimate of drug-likeness (QED) is 0.892. The van der Waals surface area contributed by atoms with Gasteiger partial charge in [0, 0.05) is 17.7 Å². The fourth-order valence-electron chi connectivity index (χ4n) is 2.29. The maximum absolute atomic E-state index is 12.1. The van der Waals surface area contributed by atoms with Gasteiger partial charge in [0.15, 0.2) is 0 Å². The average Bonchev–Trinajstić information content (AvgIpc) is 2.78. The van der Waals surface area contributed by atoms with E-state index < -0.39 is 0 Å². The normalized spacial score (nSPS) is 16.6. The van der Waals surface area contributed by atoms with Crippen LogP contribution in [0.5, 0.6) is 5.75 Å². The summed E-state index contributed by atoms with van der Waals surface area (Å²) in [6.45, 7) is 2.03. The van der Waals surface area contributed by atoms with Crippen LogP contribution < -0.4 is 10.1 Å². The van der Waals surface area contributed by atoms with Crippen LogP contribution in [0, 0.1) is 0 Å². The highest BCUT2D eigenvalue weighted by atomic mass is 16.5. The third kappa shape index (κ3) is 2.45. The fourth-order valence-corrected chi connectivity index (χ4v) is 2.29. The number of anilines is 1. The molecule has 3 rings (SSSR count). The summed E-state index contributed by atoms with van der Waals surface area (Å²) in [6, 6.07) is 15.0. The second-order valence-corrected chi connectivity index (χ2v) is 4.78. The van der Waals surface area contributed by atoms with Crippen molar-refractivity contribution in [3.63, 3.8) is 0 Å². The zero-order valence-corrected chi connectivity index (χ0v) is 10.7. The highest BCUT2D eigenvalue weighted by molar-refractivity contribution is 6.04. The first-order valence-electron chi connectivity index (χ1n) is 6.38. The van der Waals surface area contributed by atoms with Gasteiger partial charge in [-0.15, -0.1) is 0 Å². The van der Waals surface area contributed by atoms with Crippen LogP contribution in [-0.2, 0) is 6.42 Å². The van der Waals surface area contributed by atoms with Gasteiger partial charge in [-0.1, -0.05) is 18.2 Å². The SMILES string of the molecule is C[C@H]1Cc2cc(C(=O)Nc3ccccc3)ccc2O1. The van der Waals surface area contributed by atoms with Crippen LogP contribution in [0.4, 0.5) is 5.69 Å². The first-order valence-corrected chi connectivity index (χ1v) is 6.38. The predicted octanol–water partition coefficient (Wildman–Crippen LogP) is 3.26. The Morgan fingerprint density at radius 1 is 1.21 bits per heavy atom. The molecule has 0 saturated carbocycles. The number of hydrogen-bond donors (Lipinski definition) is 1. The molecule has 1 N–H and O–H groups in total. The van der Waals surface area contributed by atoms with Crippen LogP contribution in [0.25, 0.3) is 0 Å². The molecule has 1 aliphatic heterocycles. The summed E-state index contributed by atoms with van der Waals surface area (Å²) in [5.74, 6) is 0.803. The summed E-state index contributed by atoms with van der Waals surface area (Å²) in [7, 11) is 0. The van der Waals surface area contributed by atoms with Crippen LogP contribution in [0.2, 0.25) is 0 Å². The number of rotatable bonds is 2. The molecule has 3 nitrogen and oxygen atoms in total. The molecule has 2 aromatic carbocycles. The van der Waals surface area contributed by atoms with Gasteiger partial charge in [0.25, 0.3) is 5.91 Å². The summed E-state index contributed by atoms with van der Waals surface area (Å²) in [5.41, 5.74) is 2.58. The third-order valence-corrected chi connectivity index (χ3v) is 3.19. The number of carbonyl (C=O) groups is 1. The average molecular weight is 253 g/mol. The Kier molecular flexibility index (Phi) is 2.95. The van der Waals surface area contributed by atoms with E-state index in [2.05, 4.69) is 5.32 Å². The first kappa shape index (κ1) is 11.8. The van der Waals surface area contributed by atoms with Crippen molar-refractivity contribution in [2.45, 2.75) is 19.4 Å². The number of nitrogens with one attached hydrogen (secondary N) is 1. The van der Waals surface area contributed by atoms with Gasteiger partial charge >= 0.3 is 0 Å². The van der Waals surface area contributed by atoms with E-state index in [1.54, 1.807) is 6.07 Å². The molecule has 0 fully saturated rings. The molecular formula is C16H15NO2. The van der Waals surface area contributed by atoms with E-state index in [-0.39, 0.29) is 12.0 Å². The minimum absolute atomic E-state index is 0.0893. The maximum Gasteiger partial charge on any atom is 0.255 e. The lowest BCUT2D eigenvalue weighted by atomic mass is 10.1. The predicted molar refractivity (Wildman–Crippen MR) is 74.6 cm³/mol. The first-order chi connectivity index (χ1) is 9.22. The molecule has 0 spiro atoms. The number of amides is 1. The molecular weight excluding hydrogens is 238 g/mol. The van der Waals surface area contributed by atoms with Crippen molar-refractivity contribution in [1.82, 2.24) is 0 Å². The van der Waals surface area contributed by atoms with Crippen molar-refractivity contribution < 1.29 is 9.53 Å². The highest BCUT2D eigenvalue weighted by Gasteiger charge is 2.20. The molecule has 0 saturated heterocycles. The van der Waals surface area contributed by atoms with E-state index in [1.165, 1.54) is 0 Å². The number of fused-ring (bicyclic) bond motifs is 1. The molecule has 1 atom stereocenters. The minimum Gasteiger partial charge on any atom is -0.490 e. The molecule has 0 aliphatic carbocycles. The molecule has 0 bridgehead atoms. The lowest BCUT2D eigenvalue weighted by molar-refractivity contribution is 0.102. The van der Waals surface area contributed by atoms with E-state index >= 15 is 0 Å². The van der Waals surface area contributed by atoms with Crippen LogP contribution in [-0.4, -0.2) is 12.0 Å². The van der Waals surface area contributed by atoms with E-state index in [0.29, 0.717) is 5.56 Å². The Balaban J connectivity index is 1.80. The van der Waals surface area contributed by atoms with Gasteiger partial charge in [0.2, 0.25) is 0 Å². The Hall–Kier alpha value is -2.29. The molecule has 0 unspecified atom stereocenters. The standard InChI is InChI=1S/C16H15NO2/c1-11-9-13-10-12(7-8-15(13)19-11)16(18)17-14-5-3-2-4-6-14/h2-8,10-11H,9H2,1H3,(H,17,18)/t11-/m0/s1. The van der Waals surface area contributed by atoms with Gasteiger partial charge < -0.3 is 10.1 Å². The largest absolute Gasteiger partial charge is 0.490 e. The zero-order valence-electron chi connectivity index (χ0n) is 10.7. The van der Waals surface area contributed by atoms with Crippen LogP contribution in [0.3, 0.4) is 0 Å². The number of para-hydroxylation sites is 1. The minimum atomic E-state index is -0.0893. The second kappa shape index (κ2) is 4.76. The van der Waals surface area contributed by atoms with Gasteiger partial charge in [0.1, 0.15) is 11.9 Å². The van der Waals surface area contributed by atoms with E-state index in [1.807, 2.05) is 49.4 Å². The van der Waals surface area contributed by atoms with Gasteiger partial charge in [-0.05, 0) is 42.8 Å². The van der Waals surface area contributed by atoms with Crippen molar-refractivity contribution in [2.75, 3.05) is 5.32 Å². The third-order valence-electron chi connectivity index (χ3n) is 3.19. The molecule has 1 aliphatic rings. The molecule has 1 amide bonds.